The second-order valence-corrected chi connectivity index (χ2v) is 6.57. The second kappa shape index (κ2) is 5.39. The van der Waals surface area contributed by atoms with Gasteiger partial charge in [0.2, 0.25) is 5.91 Å². The van der Waals surface area contributed by atoms with Crippen LogP contribution in [0.2, 0.25) is 0 Å². The van der Waals surface area contributed by atoms with Crippen LogP contribution in [0.4, 0.5) is 4.79 Å². The van der Waals surface area contributed by atoms with Gasteiger partial charge >= 0.3 is 6.03 Å². The summed E-state index contributed by atoms with van der Waals surface area (Å²) in [5.74, 6) is 0.136. The lowest BCUT2D eigenvalue weighted by atomic mass is 10.1. The average molecular weight is 267 g/mol. The van der Waals surface area contributed by atoms with Crippen molar-refractivity contribution in [3.63, 3.8) is 0 Å². The highest BCUT2D eigenvalue weighted by Gasteiger charge is 2.37. The number of hydrogen-bond donors (Lipinski definition) is 1. The van der Waals surface area contributed by atoms with Crippen LogP contribution in [0.3, 0.4) is 0 Å². The molecule has 0 aromatic heterocycles. The Morgan fingerprint density at radius 2 is 1.84 bits per heavy atom. The number of likely N-dealkylation sites (tertiary alicyclic amines) is 2. The summed E-state index contributed by atoms with van der Waals surface area (Å²) in [5, 5.41) is 3.01. The SMILES string of the molecule is CC(C)(C)N1CC(NC(=O)N2CCCCC2)CC1=O. The van der Waals surface area contributed by atoms with E-state index < -0.39 is 0 Å². The molecule has 2 rings (SSSR count). The summed E-state index contributed by atoms with van der Waals surface area (Å²) in [6.07, 6.45) is 3.82. The number of rotatable bonds is 1. The van der Waals surface area contributed by atoms with E-state index in [1.807, 2.05) is 30.6 Å². The van der Waals surface area contributed by atoms with Crippen LogP contribution >= 0.6 is 0 Å². The number of nitrogens with one attached hydrogen (secondary N) is 1. The highest BCUT2D eigenvalue weighted by Crippen LogP contribution is 2.22. The van der Waals surface area contributed by atoms with Crippen LogP contribution in [-0.2, 0) is 4.79 Å². The fourth-order valence-corrected chi connectivity index (χ4v) is 2.82. The molecule has 5 nitrogen and oxygen atoms in total. The highest BCUT2D eigenvalue weighted by molar-refractivity contribution is 5.82. The maximum atomic E-state index is 12.1. The van der Waals surface area contributed by atoms with Crippen LogP contribution in [-0.4, -0.2) is 53.0 Å². The van der Waals surface area contributed by atoms with Crippen LogP contribution in [0.1, 0.15) is 46.5 Å². The lowest BCUT2D eigenvalue weighted by Gasteiger charge is -2.32. The zero-order valence-corrected chi connectivity index (χ0v) is 12.2. The van der Waals surface area contributed by atoms with Gasteiger partial charge in [-0.3, -0.25) is 4.79 Å². The van der Waals surface area contributed by atoms with Gasteiger partial charge in [0.05, 0.1) is 6.04 Å². The minimum absolute atomic E-state index is 0.00624. The number of hydrogen-bond acceptors (Lipinski definition) is 2. The molecule has 1 unspecified atom stereocenters. The van der Waals surface area contributed by atoms with Crippen LogP contribution in [0, 0.1) is 0 Å². The van der Waals surface area contributed by atoms with E-state index >= 15 is 0 Å². The van der Waals surface area contributed by atoms with Crippen molar-refractivity contribution in [2.75, 3.05) is 19.6 Å². The minimum atomic E-state index is -0.165. The number of urea groups is 1. The van der Waals surface area contributed by atoms with Crippen molar-refractivity contribution in [3.8, 4) is 0 Å². The van der Waals surface area contributed by atoms with Gasteiger partial charge in [0.25, 0.3) is 0 Å². The van der Waals surface area contributed by atoms with Crippen LogP contribution < -0.4 is 5.32 Å². The van der Waals surface area contributed by atoms with E-state index in [1.165, 1.54) is 6.42 Å². The van der Waals surface area contributed by atoms with Gasteiger partial charge in [-0.25, -0.2) is 4.79 Å². The number of piperidine rings is 1. The smallest absolute Gasteiger partial charge is 0.317 e. The van der Waals surface area contributed by atoms with E-state index in [1.54, 1.807) is 0 Å². The molecule has 1 N–H and O–H groups in total. The first-order valence-corrected chi connectivity index (χ1v) is 7.24. The first kappa shape index (κ1) is 14.2. The molecule has 5 heteroatoms. The molecule has 0 bridgehead atoms. The molecule has 108 valence electrons. The summed E-state index contributed by atoms with van der Waals surface area (Å²) in [5.41, 5.74) is -0.165. The van der Waals surface area contributed by atoms with Crippen molar-refractivity contribution in [2.45, 2.75) is 58.0 Å². The van der Waals surface area contributed by atoms with E-state index in [9.17, 15) is 9.59 Å². The Labute approximate surface area is 115 Å². The Balaban J connectivity index is 1.87. The Morgan fingerprint density at radius 1 is 1.21 bits per heavy atom. The zero-order chi connectivity index (χ0) is 14.0. The third-order valence-corrected chi connectivity index (χ3v) is 3.91. The predicted molar refractivity (Wildman–Crippen MR) is 73.8 cm³/mol. The summed E-state index contributed by atoms with van der Waals surface area (Å²) in [7, 11) is 0. The Morgan fingerprint density at radius 3 is 2.37 bits per heavy atom. The van der Waals surface area contributed by atoms with Gasteiger partial charge in [-0.05, 0) is 40.0 Å². The number of nitrogens with zero attached hydrogens (tertiary/aromatic N) is 2. The fraction of sp³-hybridized carbons (Fsp3) is 0.857. The molecule has 3 amide bonds. The second-order valence-electron chi connectivity index (χ2n) is 6.57. The number of carbonyl (C=O) groups excluding carboxylic acids is 2. The quantitative estimate of drug-likeness (QED) is 0.784. The van der Waals surface area contributed by atoms with E-state index in [-0.39, 0.29) is 23.5 Å². The van der Waals surface area contributed by atoms with E-state index in [0.29, 0.717) is 13.0 Å². The molecule has 1 atom stereocenters. The maximum Gasteiger partial charge on any atom is 0.317 e. The summed E-state index contributed by atoms with van der Waals surface area (Å²) in [6, 6.07) is -0.0468. The Hall–Kier alpha value is -1.26. The molecule has 0 saturated carbocycles. The average Bonchev–Trinajstić information content (AvgIpc) is 2.71. The monoisotopic (exact) mass is 267 g/mol. The molecule has 19 heavy (non-hydrogen) atoms. The van der Waals surface area contributed by atoms with E-state index in [0.717, 1.165) is 25.9 Å². The van der Waals surface area contributed by atoms with Crippen molar-refractivity contribution >= 4 is 11.9 Å². The zero-order valence-electron chi connectivity index (χ0n) is 12.2. The van der Waals surface area contributed by atoms with Gasteiger partial charge < -0.3 is 15.1 Å². The van der Waals surface area contributed by atoms with Gasteiger partial charge in [0.1, 0.15) is 0 Å². The van der Waals surface area contributed by atoms with Gasteiger partial charge in [0, 0.05) is 31.6 Å². The minimum Gasteiger partial charge on any atom is -0.336 e. The molecule has 2 aliphatic heterocycles. The summed E-state index contributed by atoms with van der Waals surface area (Å²) < 4.78 is 0. The molecule has 2 aliphatic rings. The van der Waals surface area contributed by atoms with Gasteiger partial charge in [-0.1, -0.05) is 0 Å². The third-order valence-electron chi connectivity index (χ3n) is 3.91. The summed E-state index contributed by atoms with van der Waals surface area (Å²) in [4.78, 5) is 27.8. The van der Waals surface area contributed by atoms with Crippen molar-refractivity contribution in [2.24, 2.45) is 0 Å². The molecule has 2 saturated heterocycles. The normalized spacial score (nSPS) is 24.8. The maximum absolute atomic E-state index is 12.1. The predicted octanol–water partition coefficient (Wildman–Crippen LogP) is 1.58. The van der Waals surface area contributed by atoms with E-state index in [2.05, 4.69) is 5.32 Å². The lowest BCUT2D eigenvalue weighted by Crippen LogP contribution is -2.48. The molecule has 2 heterocycles. The standard InChI is InChI=1S/C14H25N3O2/c1-14(2,3)17-10-11(9-12(17)18)15-13(19)16-7-5-4-6-8-16/h11H,4-10H2,1-3H3,(H,15,19). The summed E-state index contributed by atoms with van der Waals surface area (Å²) in [6.45, 7) is 8.39. The van der Waals surface area contributed by atoms with Crippen LogP contribution in [0.25, 0.3) is 0 Å². The molecule has 0 aliphatic carbocycles. The fourth-order valence-electron chi connectivity index (χ4n) is 2.82. The molecule has 0 aromatic rings. The topological polar surface area (TPSA) is 52.7 Å². The first-order chi connectivity index (χ1) is 8.88. The van der Waals surface area contributed by atoms with Gasteiger partial charge in [-0.15, -0.1) is 0 Å². The third kappa shape index (κ3) is 3.39. The first-order valence-electron chi connectivity index (χ1n) is 7.24. The number of carbonyl (C=O) groups is 2. The van der Waals surface area contributed by atoms with Crippen molar-refractivity contribution in [1.82, 2.24) is 15.1 Å². The lowest BCUT2D eigenvalue weighted by molar-refractivity contribution is -0.131. The van der Waals surface area contributed by atoms with E-state index in [4.69, 9.17) is 0 Å². The highest BCUT2D eigenvalue weighted by atomic mass is 16.2. The molecular weight excluding hydrogens is 242 g/mol. The molecule has 0 radical (unpaired) electrons. The van der Waals surface area contributed by atoms with Gasteiger partial charge in [-0.2, -0.15) is 0 Å². The molecular formula is C14H25N3O2. The Kier molecular flexibility index (Phi) is 4.02. The van der Waals surface area contributed by atoms with Crippen molar-refractivity contribution < 1.29 is 9.59 Å². The Bertz CT molecular complexity index is 356. The van der Waals surface area contributed by atoms with Gasteiger partial charge in [0.15, 0.2) is 0 Å². The largest absolute Gasteiger partial charge is 0.336 e. The molecule has 2 fully saturated rings. The number of amides is 3. The van der Waals surface area contributed by atoms with Crippen LogP contribution in [0.5, 0.6) is 0 Å². The van der Waals surface area contributed by atoms with Crippen molar-refractivity contribution in [1.29, 1.82) is 0 Å². The molecule has 0 aromatic carbocycles. The van der Waals surface area contributed by atoms with Crippen LogP contribution in [0.15, 0.2) is 0 Å². The molecule has 0 spiro atoms. The van der Waals surface area contributed by atoms with Crippen molar-refractivity contribution in [3.05, 3.63) is 0 Å². The summed E-state index contributed by atoms with van der Waals surface area (Å²) >= 11 is 0.